The van der Waals surface area contributed by atoms with Gasteiger partial charge in [-0.1, -0.05) is 6.92 Å². The zero-order valence-electron chi connectivity index (χ0n) is 6.49. The van der Waals surface area contributed by atoms with E-state index >= 15 is 0 Å². The van der Waals surface area contributed by atoms with E-state index in [0.717, 1.165) is 6.26 Å². The number of rotatable bonds is 3. The number of nitrogens with zero attached hydrogens (tertiary/aromatic N) is 1. The lowest BCUT2D eigenvalue weighted by molar-refractivity contribution is -0.412. The summed E-state index contributed by atoms with van der Waals surface area (Å²) in [5, 5.41) is 8.36. The zero-order valence-corrected chi connectivity index (χ0v) is 6.49. The molecule has 1 unspecified atom stereocenters. The van der Waals surface area contributed by atoms with Gasteiger partial charge in [-0.25, -0.2) is 4.58 Å². The van der Waals surface area contributed by atoms with Crippen LogP contribution in [-0.4, -0.2) is 23.4 Å². The van der Waals surface area contributed by atoms with E-state index in [1.807, 2.05) is 26.2 Å². The molecule has 0 radical (unpaired) electrons. The van der Waals surface area contributed by atoms with Gasteiger partial charge >= 0.3 is 0 Å². The number of aliphatic hydroxyl groups is 1. The first-order chi connectivity index (χ1) is 4.66. The average molecular weight is 140 g/mol. The Morgan fingerprint density at radius 1 is 1.50 bits per heavy atom. The minimum absolute atomic E-state index is 0.259. The van der Waals surface area contributed by atoms with Crippen LogP contribution in [0.2, 0.25) is 0 Å². The number of aliphatic hydroxyl groups excluding tert-OH is 1. The highest BCUT2D eigenvalue weighted by Gasteiger charge is 1.89. The number of allylic oxidation sites excluding steroid dienone is 2. The van der Waals surface area contributed by atoms with Gasteiger partial charge in [-0.05, 0) is 12.2 Å². The van der Waals surface area contributed by atoms with E-state index in [0.29, 0.717) is 0 Å². The van der Waals surface area contributed by atoms with E-state index in [9.17, 15) is 0 Å². The van der Waals surface area contributed by atoms with Crippen LogP contribution in [0.5, 0.6) is 0 Å². The molecule has 56 valence electrons. The van der Waals surface area contributed by atoms with Gasteiger partial charge in [0.1, 0.15) is 13.8 Å². The second kappa shape index (κ2) is 4.79. The monoisotopic (exact) mass is 140 g/mol. The maximum Gasteiger partial charge on any atom is 0.164 e. The van der Waals surface area contributed by atoms with Gasteiger partial charge in [-0.15, -0.1) is 0 Å². The highest BCUT2D eigenvalue weighted by molar-refractivity contribution is 5.15. The Balaban J connectivity index is 3.77. The third kappa shape index (κ3) is 5.09. The molecule has 0 bridgehead atoms. The lowest BCUT2D eigenvalue weighted by Crippen LogP contribution is -1.91. The fourth-order valence-electron chi connectivity index (χ4n) is 0.483. The van der Waals surface area contributed by atoms with E-state index in [4.69, 9.17) is 5.11 Å². The van der Waals surface area contributed by atoms with E-state index in [2.05, 4.69) is 6.72 Å². The Bertz CT molecular complexity index is 159. The van der Waals surface area contributed by atoms with Crippen LogP contribution >= 0.6 is 0 Å². The minimum atomic E-state index is 0.259. The normalized spacial score (nSPS) is 14.6. The Morgan fingerprint density at radius 3 is 2.50 bits per heavy atom. The van der Waals surface area contributed by atoms with Crippen LogP contribution in [0.15, 0.2) is 24.6 Å². The van der Waals surface area contributed by atoms with Crippen LogP contribution in [0.25, 0.3) is 0 Å². The summed E-state index contributed by atoms with van der Waals surface area (Å²) in [6.07, 6.45) is 6.54. The van der Waals surface area contributed by atoms with Crippen molar-refractivity contribution in [1.82, 2.24) is 0 Å². The van der Waals surface area contributed by atoms with E-state index in [1.54, 1.807) is 10.7 Å². The summed E-state index contributed by atoms with van der Waals surface area (Å²) >= 11 is 0. The molecule has 0 fully saturated rings. The predicted octanol–water partition coefficient (Wildman–Crippen LogP) is 1.55. The quantitative estimate of drug-likeness (QED) is 0.359. The van der Waals surface area contributed by atoms with Gasteiger partial charge in [-0.3, -0.25) is 0 Å². The molecule has 0 aromatic carbocycles. The molecule has 2 nitrogen and oxygen atoms in total. The van der Waals surface area contributed by atoms with Gasteiger partial charge in [-0.2, -0.15) is 0 Å². The summed E-state index contributed by atoms with van der Waals surface area (Å²) in [6.45, 7) is 5.61. The third-order valence-corrected chi connectivity index (χ3v) is 1.03. The van der Waals surface area contributed by atoms with Gasteiger partial charge in [0.05, 0.1) is 6.26 Å². The Kier molecular flexibility index (Phi) is 4.29. The topological polar surface area (TPSA) is 23.2 Å². The Hall–Kier alpha value is -1.05. The smallest absolute Gasteiger partial charge is 0.164 e. The SMILES string of the molecule is C=[N+](C)/C=C\C(C)/C=C\O. The predicted molar refractivity (Wildman–Crippen MR) is 43.4 cm³/mol. The molecule has 2 heteroatoms. The molecule has 0 aliphatic rings. The molecule has 10 heavy (non-hydrogen) atoms. The molecule has 0 saturated carbocycles. The Labute approximate surface area is 61.8 Å². The first-order valence-electron chi connectivity index (χ1n) is 3.19. The molecule has 0 rings (SSSR count). The molecule has 1 atom stereocenters. The van der Waals surface area contributed by atoms with E-state index in [-0.39, 0.29) is 5.92 Å². The Morgan fingerprint density at radius 2 is 2.10 bits per heavy atom. The lowest BCUT2D eigenvalue weighted by atomic mass is 10.2. The van der Waals surface area contributed by atoms with Crippen LogP contribution < -0.4 is 0 Å². The maximum absolute atomic E-state index is 8.36. The summed E-state index contributed by atoms with van der Waals surface area (Å²) in [5.41, 5.74) is 0. The molecule has 0 saturated heterocycles. The van der Waals surface area contributed by atoms with Crippen molar-refractivity contribution in [3.8, 4) is 0 Å². The van der Waals surface area contributed by atoms with Gasteiger partial charge in [0.25, 0.3) is 0 Å². The van der Waals surface area contributed by atoms with Crippen molar-refractivity contribution >= 4 is 6.72 Å². The highest BCUT2D eigenvalue weighted by Crippen LogP contribution is 1.97. The van der Waals surface area contributed by atoms with Gasteiger partial charge < -0.3 is 5.11 Å². The maximum atomic E-state index is 8.36. The molecule has 0 amide bonds. The van der Waals surface area contributed by atoms with E-state index in [1.165, 1.54) is 0 Å². The van der Waals surface area contributed by atoms with Crippen LogP contribution in [0.4, 0.5) is 0 Å². The standard InChI is InChI=1S/C8H13NO/c1-8(5-7-10)4-6-9(2)3/h4-8H,2H2,1,3H3/p+1/b6-4-,7-5-. The molecule has 0 spiro atoms. The zero-order chi connectivity index (χ0) is 7.98. The van der Waals surface area contributed by atoms with Gasteiger partial charge in [0.15, 0.2) is 6.20 Å². The first kappa shape index (κ1) is 8.95. The van der Waals surface area contributed by atoms with Crippen molar-refractivity contribution < 1.29 is 9.68 Å². The molecule has 0 heterocycles. The fourth-order valence-corrected chi connectivity index (χ4v) is 0.483. The van der Waals surface area contributed by atoms with Crippen molar-refractivity contribution in [2.75, 3.05) is 7.05 Å². The van der Waals surface area contributed by atoms with Crippen LogP contribution in [-0.2, 0) is 0 Å². The molecule has 0 aromatic heterocycles. The highest BCUT2D eigenvalue weighted by atomic mass is 16.2. The van der Waals surface area contributed by atoms with Crippen molar-refractivity contribution in [2.45, 2.75) is 6.92 Å². The van der Waals surface area contributed by atoms with Crippen molar-refractivity contribution in [2.24, 2.45) is 5.92 Å². The summed E-state index contributed by atoms with van der Waals surface area (Å²) < 4.78 is 1.71. The number of hydrogen-bond acceptors (Lipinski definition) is 1. The summed E-state index contributed by atoms with van der Waals surface area (Å²) in [7, 11) is 1.85. The van der Waals surface area contributed by atoms with Crippen LogP contribution in [0, 0.1) is 5.92 Å². The summed E-state index contributed by atoms with van der Waals surface area (Å²) in [4.78, 5) is 0. The van der Waals surface area contributed by atoms with Crippen LogP contribution in [0.1, 0.15) is 6.92 Å². The average Bonchev–Trinajstić information content (AvgIpc) is 1.85. The van der Waals surface area contributed by atoms with E-state index < -0.39 is 0 Å². The van der Waals surface area contributed by atoms with Crippen molar-refractivity contribution in [1.29, 1.82) is 0 Å². The summed E-state index contributed by atoms with van der Waals surface area (Å²) in [6, 6.07) is 0. The number of hydrogen-bond donors (Lipinski definition) is 1. The van der Waals surface area contributed by atoms with Gasteiger partial charge in [0.2, 0.25) is 0 Å². The summed E-state index contributed by atoms with van der Waals surface area (Å²) in [5.74, 6) is 0.259. The molecular formula is C8H14NO+. The second-order valence-electron chi connectivity index (χ2n) is 2.30. The molecule has 0 aliphatic heterocycles. The fraction of sp³-hybridized carbons (Fsp3) is 0.375. The van der Waals surface area contributed by atoms with Crippen molar-refractivity contribution in [3.63, 3.8) is 0 Å². The van der Waals surface area contributed by atoms with Crippen molar-refractivity contribution in [3.05, 3.63) is 24.6 Å². The minimum Gasteiger partial charge on any atom is -0.516 e. The largest absolute Gasteiger partial charge is 0.516 e. The van der Waals surface area contributed by atoms with Crippen LogP contribution in [0.3, 0.4) is 0 Å². The van der Waals surface area contributed by atoms with Gasteiger partial charge in [0, 0.05) is 5.92 Å². The molecular weight excluding hydrogens is 126 g/mol. The molecule has 1 N–H and O–H groups in total. The molecule has 0 aromatic rings. The third-order valence-electron chi connectivity index (χ3n) is 1.03. The lowest BCUT2D eigenvalue weighted by Gasteiger charge is -1.91. The molecule has 0 aliphatic carbocycles. The second-order valence-corrected chi connectivity index (χ2v) is 2.30. The first-order valence-corrected chi connectivity index (χ1v) is 3.19.